The highest BCUT2D eigenvalue weighted by molar-refractivity contribution is 5.98. The van der Waals surface area contributed by atoms with Gasteiger partial charge in [0.15, 0.2) is 5.79 Å². The number of carbonyl (C=O) groups is 5. The highest BCUT2D eigenvalue weighted by Gasteiger charge is 2.55. The van der Waals surface area contributed by atoms with E-state index in [2.05, 4.69) is 10.6 Å². The number of aliphatic hydroxyl groups is 2. The van der Waals surface area contributed by atoms with Crippen molar-refractivity contribution in [2.24, 2.45) is 5.41 Å². The maximum absolute atomic E-state index is 13.6. The van der Waals surface area contributed by atoms with Gasteiger partial charge >= 0.3 is 17.9 Å². The third-order valence-electron chi connectivity index (χ3n) is 9.51. The monoisotopic (exact) mass is 718 g/mol. The van der Waals surface area contributed by atoms with E-state index in [9.17, 15) is 29.1 Å². The minimum Gasteiger partial charge on any atom is -0.462 e. The van der Waals surface area contributed by atoms with E-state index in [-0.39, 0.29) is 37.3 Å². The SMILES string of the molecule is C[C@H](O)[C@@H](NC(=O)C1=C[C@H]2OC3(Cc4ccccc4C3)O[C@H]2[C@H](OC(=O)c2cccc(C=CC(=O)O[C@H]3C(=O)OCC3(C)C)c2)C1)C(=O)NCCO. The lowest BCUT2D eigenvalue weighted by Gasteiger charge is -2.31. The van der Waals surface area contributed by atoms with E-state index in [4.69, 9.17) is 28.8 Å². The summed E-state index contributed by atoms with van der Waals surface area (Å²) in [7, 11) is 0. The average Bonchev–Trinajstić information content (AvgIpc) is 3.75. The topological polar surface area (TPSA) is 196 Å². The Hall–Kier alpha value is -4.89. The molecular formula is C38H42N2O12. The number of hydrogen-bond acceptors (Lipinski definition) is 12. The van der Waals surface area contributed by atoms with Crippen LogP contribution in [0.25, 0.3) is 6.08 Å². The van der Waals surface area contributed by atoms with Crippen LogP contribution in [0.2, 0.25) is 0 Å². The summed E-state index contributed by atoms with van der Waals surface area (Å²) in [6.07, 6.45) is 0.209. The smallest absolute Gasteiger partial charge is 0.348 e. The summed E-state index contributed by atoms with van der Waals surface area (Å²) < 4.78 is 29.4. The molecule has 6 atom stereocenters. The molecule has 0 radical (unpaired) electrons. The van der Waals surface area contributed by atoms with Crippen molar-refractivity contribution in [2.75, 3.05) is 19.8 Å². The number of rotatable bonds is 11. The van der Waals surface area contributed by atoms with Gasteiger partial charge in [-0.15, -0.1) is 0 Å². The fourth-order valence-corrected chi connectivity index (χ4v) is 6.82. The lowest BCUT2D eigenvalue weighted by Crippen LogP contribution is -2.54. The number of carbonyl (C=O) groups excluding carboxylic acids is 5. The number of nitrogens with one attached hydrogen (secondary N) is 2. The zero-order valence-corrected chi connectivity index (χ0v) is 29.0. The summed E-state index contributed by atoms with van der Waals surface area (Å²) in [5.41, 5.74) is 2.26. The van der Waals surface area contributed by atoms with Crippen molar-refractivity contribution >= 4 is 35.8 Å². The lowest BCUT2D eigenvalue weighted by atomic mass is 9.90. The van der Waals surface area contributed by atoms with E-state index < -0.39 is 77.5 Å². The maximum atomic E-state index is 13.6. The number of fused-ring (bicyclic) bond motifs is 2. The van der Waals surface area contributed by atoms with Crippen molar-refractivity contribution in [1.29, 1.82) is 0 Å². The van der Waals surface area contributed by atoms with Crippen molar-refractivity contribution in [3.05, 3.63) is 88.5 Å². The van der Waals surface area contributed by atoms with Crippen LogP contribution in [0.1, 0.15) is 54.2 Å². The standard InChI is InChI=1S/C38H42N2O12/c1-21(42)30(34(45)39-13-14-41)40-33(44)26-16-27(31-28(17-26)51-38(52-31)18-24-8-4-5-9-25(24)19-38)49-35(46)23-10-6-7-22(15-23)11-12-29(43)50-32-36(47)48-20-37(32,2)3/h4-12,15,17,21,27-28,30-32,41-42H,13-14,16,18-20H2,1-3H3,(H,39,45)(H,40,44)/t21-,27+,28+,30+,31-,32-/m0/s1. The molecule has 0 saturated carbocycles. The largest absolute Gasteiger partial charge is 0.462 e. The second kappa shape index (κ2) is 15.0. The lowest BCUT2D eigenvalue weighted by molar-refractivity contribution is -0.172. The molecule has 4 N–H and O–H groups in total. The van der Waals surface area contributed by atoms with E-state index in [0.29, 0.717) is 18.4 Å². The number of ether oxygens (including phenoxy) is 5. The van der Waals surface area contributed by atoms with Crippen LogP contribution in [-0.2, 0) is 55.7 Å². The number of cyclic esters (lactones) is 1. The summed E-state index contributed by atoms with van der Waals surface area (Å²) in [4.78, 5) is 64.4. The van der Waals surface area contributed by atoms with Gasteiger partial charge in [0.05, 0.1) is 18.3 Å². The van der Waals surface area contributed by atoms with Gasteiger partial charge in [0.25, 0.3) is 0 Å². The first-order valence-electron chi connectivity index (χ1n) is 17.1. The van der Waals surface area contributed by atoms with E-state index >= 15 is 0 Å². The predicted octanol–water partition coefficient (Wildman–Crippen LogP) is 1.30. The Balaban J connectivity index is 1.19. The molecule has 276 valence electrons. The molecule has 2 amide bonds. The molecule has 6 rings (SSSR count). The zero-order valence-electron chi connectivity index (χ0n) is 29.0. The Kier molecular flexibility index (Phi) is 10.6. The second-order valence-corrected chi connectivity index (χ2v) is 14.1. The van der Waals surface area contributed by atoms with Crippen molar-refractivity contribution in [2.45, 2.75) is 82.4 Å². The molecule has 0 aromatic heterocycles. The summed E-state index contributed by atoms with van der Waals surface area (Å²) in [6.45, 7) is 4.63. The van der Waals surface area contributed by atoms with Crippen molar-refractivity contribution in [1.82, 2.24) is 10.6 Å². The Morgan fingerprint density at radius 3 is 2.42 bits per heavy atom. The molecule has 14 nitrogen and oxygen atoms in total. The first-order valence-corrected chi connectivity index (χ1v) is 17.1. The Labute approximate surface area is 300 Å². The highest BCUT2D eigenvalue weighted by atomic mass is 16.8. The minimum absolute atomic E-state index is 0.0611. The molecule has 2 saturated heterocycles. The van der Waals surface area contributed by atoms with Gasteiger partial charge in [0.2, 0.25) is 17.9 Å². The Morgan fingerprint density at radius 2 is 1.77 bits per heavy atom. The van der Waals surface area contributed by atoms with Gasteiger partial charge in [-0.2, -0.15) is 0 Å². The van der Waals surface area contributed by atoms with Gasteiger partial charge in [-0.05, 0) is 47.9 Å². The molecule has 1 spiro atoms. The van der Waals surface area contributed by atoms with Crippen molar-refractivity contribution in [3.8, 4) is 0 Å². The molecular weight excluding hydrogens is 676 g/mol. The van der Waals surface area contributed by atoms with Gasteiger partial charge in [0, 0.05) is 42.9 Å². The van der Waals surface area contributed by atoms with Gasteiger partial charge in [0.1, 0.15) is 31.0 Å². The number of aliphatic hydroxyl groups excluding tert-OH is 2. The van der Waals surface area contributed by atoms with E-state index in [1.165, 1.54) is 25.1 Å². The molecule has 14 heteroatoms. The fourth-order valence-electron chi connectivity index (χ4n) is 6.82. The fraction of sp³-hybridized carbons (Fsp3) is 0.447. The first-order chi connectivity index (χ1) is 24.8. The molecule has 2 heterocycles. The van der Waals surface area contributed by atoms with Crippen LogP contribution in [-0.4, -0.2) is 102 Å². The summed E-state index contributed by atoms with van der Waals surface area (Å²) in [5.74, 6) is -4.46. The molecule has 2 aliphatic carbocycles. The number of esters is 3. The van der Waals surface area contributed by atoms with Gasteiger partial charge in [-0.3, -0.25) is 9.59 Å². The summed E-state index contributed by atoms with van der Waals surface area (Å²) >= 11 is 0. The third kappa shape index (κ3) is 7.94. The summed E-state index contributed by atoms with van der Waals surface area (Å²) in [6, 6.07) is 12.9. The van der Waals surface area contributed by atoms with Crippen molar-refractivity contribution in [3.63, 3.8) is 0 Å². The molecule has 2 aliphatic heterocycles. The van der Waals surface area contributed by atoms with Crippen LogP contribution in [0.4, 0.5) is 0 Å². The van der Waals surface area contributed by atoms with Crippen LogP contribution in [0.3, 0.4) is 0 Å². The van der Waals surface area contributed by atoms with Gasteiger partial charge < -0.3 is 44.5 Å². The Morgan fingerprint density at radius 1 is 1.04 bits per heavy atom. The van der Waals surface area contributed by atoms with E-state index in [1.54, 1.807) is 32.1 Å². The van der Waals surface area contributed by atoms with Crippen LogP contribution < -0.4 is 10.6 Å². The predicted molar refractivity (Wildman–Crippen MR) is 182 cm³/mol. The van der Waals surface area contributed by atoms with Gasteiger partial charge in [-0.25, -0.2) is 14.4 Å². The van der Waals surface area contributed by atoms with E-state index in [0.717, 1.165) is 17.2 Å². The molecule has 0 unspecified atom stereocenters. The summed E-state index contributed by atoms with van der Waals surface area (Å²) in [5, 5.41) is 24.4. The first kappa shape index (κ1) is 36.9. The number of benzene rings is 2. The molecule has 2 aromatic carbocycles. The maximum Gasteiger partial charge on any atom is 0.348 e. The molecule has 4 aliphatic rings. The average molecular weight is 719 g/mol. The van der Waals surface area contributed by atoms with Crippen LogP contribution >= 0.6 is 0 Å². The van der Waals surface area contributed by atoms with Gasteiger partial charge in [-0.1, -0.05) is 50.2 Å². The molecule has 2 aromatic rings. The minimum atomic E-state index is -1.32. The highest BCUT2D eigenvalue weighted by Crippen LogP contribution is 2.45. The number of hydrogen-bond donors (Lipinski definition) is 4. The number of amides is 2. The molecule has 2 fully saturated rings. The van der Waals surface area contributed by atoms with Crippen LogP contribution in [0.5, 0.6) is 0 Å². The normalized spacial score (nSPS) is 25.0. The van der Waals surface area contributed by atoms with Crippen molar-refractivity contribution < 1.29 is 57.9 Å². The quantitative estimate of drug-likeness (QED) is 0.148. The zero-order chi connectivity index (χ0) is 37.2. The molecule has 52 heavy (non-hydrogen) atoms. The van der Waals surface area contributed by atoms with Crippen LogP contribution in [0, 0.1) is 5.41 Å². The second-order valence-electron chi connectivity index (χ2n) is 14.1. The third-order valence-corrected chi connectivity index (χ3v) is 9.51. The van der Waals surface area contributed by atoms with Crippen LogP contribution in [0.15, 0.2) is 66.3 Å². The Bertz CT molecular complexity index is 1770. The van der Waals surface area contributed by atoms with E-state index in [1.807, 2.05) is 24.3 Å². The molecule has 0 bridgehead atoms.